The van der Waals surface area contributed by atoms with Crippen molar-refractivity contribution >= 4 is 33.1 Å². The molecular weight excluding hydrogens is 245 g/mol. The molecule has 0 aliphatic rings. The van der Waals surface area contributed by atoms with Gasteiger partial charge in [-0.3, -0.25) is 0 Å². The molecule has 3 heteroatoms. The predicted molar refractivity (Wildman–Crippen MR) is 50.2 cm³/mol. The number of hydrogen-bond acceptors (Lipinski definition) is 1. The third kappa shape index (κ3) is 2.62. The molecule has 1 atom stereocenters. The van der Waals surface area contributed by atoms with Crippen molar-refractivity contribution < 1.29 is 0 Å². The van der Waals surface area contributed by atoms with Crippen molar-refractivity contribution in [3.63, 3.8) is 0 Å². The van der Waals surface area contributed by atoms with Crippen molar-refractivity contribution in [3.05, 3.63) is 17.1 Å². The first-order valence-electron chi connectivity index (χ1n) is 2.88. The summed E-state index contributed by atoms with van der Waals surface area (Å²) in [6.07, 6.45) is 3.22. The Bertz CT molecular complexity index is 150. The average molecular weight is 254 g/mol. The summed E-state index contributed by atoms with van der Waals surface area (Å²) in [5.41, 5.74) is 2.05. The summed E-state index contributed by atoms with van der Waals surface area (Å²) in [5.74, 6) is 1.29. The van der Waals surface area contributed by atoms with Crippen molar-refractivity contribution in [1.29, 1.82) is 0 Å². The van der Waals surface area contributed by atoms with E-state index in [1.807, 2.05) is 11.7 Å². The Morgan fingerprint density at radius 1 is 1.56 bits per heavy atom. The van der Waals surface area contributed by atoms with Crippen LogP contribution in [-0.4, -0.2) is 9.41 Å². The standard InChI is InChI=1S/C6H9INS/c7-2-1-4-9-5-3-8-6-9/h3,5-6H,1-2,4H2/q+1. The number of thiazole rings is 1. The monoisotopic (exact) mass is 254 g/mol. The average Bonchev–Trinajstić information content (AvgIpc) is 2.34. The van der Waals surface area contributed by atoms with Gasteiger partial charge in [-0.15, -0.1) is 0 Å². The van der Waals surface area contributed by atoms with Crippen LogP contribution in [0.15, 0.2) is 17.1 Å². The van der Waals surface area contributed by atoms with Gasteiger partial charge in [0.05, 0.1) is 6.20 Å². The van der Waals surface area contributed by atoms with Crippen LogP contribution in [0.4, 0.5) is 0 Å². The highest BCUT2D eigenvalue weighted by atomic mass is 127. The van der Waals surface area contributed by atoms with Gasteiger partial charge in [-0.2, -0.15) is 0 Å². The fourth-order valence-corrected chi connectivity index (χ4v) is 2.75. The lowest BCUT2D eigenvalue weighted by molar-refractivity contribution is 1.06. The van der Waals surface area contributed by atoms with Gasteiger partial charge in [0.1, 0.15) is 5.75 Å². The van der Waals surface area contributed by atoms with Gasteiger partial charge >= 0.3 is 0 Å². The van der Waals surface area contributed by atoms with Crippen molar-refractivity contribution in [3.8, 4) is 0 Å². The second kappa shape index (κ2) is 4.22. The lowest BCUT2D eigenvalue weighted by atomic mass is 10.6. The van der Waals surface area contributed by atoms with Gasteiger partial charge in [-0.05, 0) is 10.5 Å². The molecule has 0 aliphatic carbocycles. The van der Waals surface area contributed by atoms with Crippen molar-refractivity contribution in [2.75, 3.05) is 4.43 Å². The summed E-state index contributed by atoms with van der Waals surface area (Å²) < 4.78 is 1.27. The largest absolute Gasteiger partial charge is 0.229 e. The molecule has 0 bridgehead atoms. The number of hydrogen-bond donors (Lipinski definition) is 0. The minimum atomic E-state index is 0.396. The topological polar surface area (TPSA) is 12.9 Å². The Labute approximate surface area is 71.6 Å². The van der Waals surface area contributed by atoms with Crippen LogP contribution in [-0.2, 0) is 5.75 Å². The molecule has 0 N–H and O–H groups in total. The maximum absolute atomic E-state index is 4.02. The first-order valence-corrected chi connectivity index (χ1v) is 5.92. The molecule has 0 saturated carbocycles. The van der Waals surface area contributed by atoms with E-state index in [2.05, 4.69) is 33.0 Å². The van der Waals surface area contributed by atoms with E-state index in [0.29, 0.717) is 10.5 Å². The quantitative estimate of drug-likeness (QED) is 0.459. The molecule has 50 valence electrons. The molecule has 1 aromatic heterocycles. The Morgan fingerprint density at radius 2 is 2.44 bits per heavy atom. The van der Waals surface area contributed by atoms with Crippen molar-refractivity contribution in [1.82, 2.24) is 4.98 Å². The highest BCUT2D eigenvalue weighted by Crippen LogP contribution is 2.17. The summed E-state index contributed by atoms with van der Waals surface area (Å²) in [5, 5.41) is 2.19. The lowest BCUT2D eigenvalue weighted by Crippen LogP contribution is -1.72. The molecular formula is C6H9INS+. The maximum Gasteiger partial charge on any atom is 0.229 e. The van der Waals surface area contributed by atoms with E-state index in [-0.39, 0.29) is 0 Å². The number of halogens is 1. The molecule has 1 unspecified atom stereocenters. The minimum Gasteiger partial charge on any atom is -0.208 e. The highest BCUT2D eigenvalue weighted by Gasteiger charge is 1.99. The minimum absolute atomic E-state index is 0.396. The molecule has 1 heterocycles. The molecule has 0 aliphatic heterocycles. The molecule has 1 rings (SSSR count). The smallest absolute Gasteiger partial charge is 0.208 e. The molecule has 0 aromatic carbocycles. The van der Waals surface area contributed by atoms with E-state index >= 15 is 0 Å². The molecule has 1 aromatic rings. The van der Waals surface area contributed by atoms with Crippen molar-refractivity contribution in [2.45, 2.75) is 12.2 Å². The normalized spacial score (nSPS) is 11.9. The zero-order chi connectivity index (χ0) is 6.53. The molecule has 1 nitrogen and oxygen atoms in total. The highest BCUT2D eigenvalue weighted by molar-refractivity contribution is 14.1. The Kier molecular flexibility index (Phi) is 3.50. The lowest BCUT2D eigenvalue weighted by Gasteiger charge is -1.81. The van der Waals surface area contributed by atoms with Crippen LogP contribution in [0.2, 0.25) is 0 Å². The van der Waals surface area contributed by atoms with Crippen LogP contribution in [0.5, 0.6) is 0 Å². The fraction of sp³-hybridized carbons (Fsp3) is 0.500. The molecule has 0 fully saturated rings. The predicted octanol–water partition coefficient (Wildman–Crippen LogP) is 2.66. The molecule has 0 spiro atoms. The fourth-order valence-electron chi connectivity index (χ4n) is 0.604. The van der Waals surface area contributed by atoms with E-state index in [9.17, 15) is 0 Å². The van der Waals surface area contributed by atoms with Gasteiger partial charge in [0.2, 0.25) is 5.51 Å². The number of aromatic nitrogens is 1. The molecule has 0 radical (unpaired) electrons. The summed E-state index contributed by atoms with van der Waals surface area (Å²) in [6.45, 7) is 0. The van der Waals surface area contributed by atoms with E-state index in [4.69, 9.17) is 0 Å². The molecule has 0 amide bonds. The Balaban J connectivity index is 2.30. The summed E-state index contributed by atoms with van der Waals surface area (Å²) in [6, 6.07) is 0. The summed E-state index contributed by atoms with van der Waals surface area (Å²) in [7, 11) is 0.396. The summed E-state index contributed by atoms with van der Waals surface area (Å²) in [4.78, 5) is 4.02. The first kappa shape index (κ1) is 7.47. The van der Waals surface area contributed by atoms with Crippen LogP contribution in [0.1, 0.15) is 6.42 Å². The second-order valence-corrected chi connectivity index (χ2v) is 4.66. The Hall–Kier alpha value is 0.360. The number of nitrogens with zero attached hydrogens (tertiary/aromatic N) is 1. The van der Waals surface area contributed by atoms with Crippen LogP contribution < -0.4 is 0 Å². The zero-order valence-electron chi connectivity index (χ0n) is 5.09. The third-order valence-corrected chi connectivity index (χ3v) is 3.42. The van der Waals surface area contributed by atoms with E-state index in [1.54, 1.807) is 0 Å². The van der Waals surface area contributed by atoms with Crippen LogP contribution in [0.25, 0.3) is 0 Å². The summed E-state index contributed by atoms with van der Waals surface area (Å²) >= 11 is 2.41. The molecule has 9 heavy (non-hydrogen) atoms. The van der Waals surface area contributed by atoms with Gasteiger partial charge in [0.25, 0.3) is 0 Å². The van der Waals surface area contributed by atoms with Gasteiger partial charge < -0.3 is 0 Å². The van der Waals surface area contributed by atoms with E-state index < -0.39 is 0 Å². The van der Waals surface area contributed by atoms with Crippen LogP contribution in [0.3, 0.4) is 0 Å². The number of alkyl halides is 1. The Morgan fingerprint density at radius 3 is 3.00 bits per heavy atom. The van der Waals surface area contributed by atoms with E-state index in [0.717, 1.165) is 0 Å². The SMILES string of the molecule is ICCC[s+]1ccnc1. The zero-order valence-corrected chi connectivity index (χ0v) is 8.06. The number of aryl methyl sites for hydroxylation is 1. The third-order valence-electron chi connectivity index (χ3n) is 1.03. The van der Waals surface area contributed by atoms with Gasteiger partial charge in [0.15, 0.2) is 5.38 Å². The molecule has 0 saturated heterocycles. The van der Waals surface area contributed by atoms with Gasteiger partial charge in [-0.25, -0.2) is 4.98 Å². The van der Waals surface area contributed by atoms with Crippen molar-refractivity contribution in [2.24, 2.45) is 0 Å². The maximum atomic E-state index is 4.02. The van der Waals surface area contributed by atoms with Gasteiger partial charge in [0, 0.05) is 10.8 Å². The van der Waals surface area contributed by atoms with Crippen LogP contribution in [0, 0.1) is 0 Å². The van der Waals surface area contributed by atoms with E-state index in [1.165, 1.54) is 16.6 Å². The second-order valence-electron chi connectivity index (χ2n) is 1.76. The number of rotatable bonds is 3. The van der Waals surface area contributed by atoms with Crippen LogP contribution >= 0.6 is 33.1 Å². The first-order chi connectivity index (χ1) is 4.43. The van der Waals surface area contributed by atoms with Gasteiger partial charge in [-0.1, -0.05) is 22.6 Å².